The number of methoxy groups -OCH3 is 1. The topological polar surface area (TPSA) is 115 Å². The van der Waals surface area contributed by atoms with Crippen molar-refractivity contribution in [1.29, 1.82) is 0 Å². The fourth-order valence-electron chi connectivity index (χ4n) is 4.46. The van der Waals surface area contributed by atoms with E-state index >= 15 is 0 Å². The van der Waals surface area contributed by atoms with E-state index in [1.165, 1.54) is 12.7 Å². The Labute approximate surface area is 217 Å². The quantitative estimate of drug-likeness (QED) is 0.353. The van der Waals surface area contributed by atoms with Crippen LogP contribution >= 0.6 is 0 Å². The number of fused-ring (bicyclic) bond motifs is 1. The largest absolute Gasteiger partial charge is 0.464 e. The number of esters is 1. The van der Waals surface area contributed by atoms with Crippen molar-refractivity contribution in [1.82, 2.24) is 9.55 Å². The Hall–Kier alpha value is -3.43. The second kappa shape index (κ2) is 11.3. The van der Waals surface area contributed by atoms with Crippen molar-refractivity contribution < 1.29 is 24.2 Å². The van der Waals surface area contributed by atoms with E-state index in [-0.39, 0.29) is 17.6 Å². The maximum Gasteiger partial charge on any atom is 0.356 e. The predicted molar refractivity (Wildman–Crippen MR) is 143 cm³/mol. The molecule has 4 rings (SSSR count). The van der Waals surface area contributed by atoms with Gasteiger partial charge in [0.15, 0.2) is 5.69 Å². The van der Waals surface area contributed by atoms with Crippen LogP contribution in [-0.4, -0.2) is 58.0 Å². The molecule has 1 aliphatic rings. The third-order valence-electron chi connectivity index (χ3n) is 6.88. The maximum absolute atomic E-state index is 13.1. The molecule has 2 atom stereocenters. The van der Waals surface area contributed by atoms with Crippen LogP contribution in [-0.2, 0) is 27.2 Å². The minimum absolute atomic E-state index is 0.247. The molecule has 1 fully saturated rings. The predicted octanol–water partition coefficient (Wildman–Crippen LogP) is 4.14. The Bertz CT molecular complexity index is 1240. The second-order valence-corrected chi connectivity index (χ2v) is 10.1. The van der Waals surface area contributed by atoms with E-state index in [0.29, 0.717) is 42.0 Å². The van der Waals surface area contributed by atoms with Crippen LogP contribution in [0.3, 0.4) is 0 Å². The second-order valence-electron chi connectivity index (χ2n) is 10.1. The van der Waals surface area contributed by atoms with Crippen molar-refractivity contribution in [2.24, 2.45) is 0 Å². The number of carbonyl (C=O) groups excluding carboxylic acids is 2. The number of carbonyl (C=O) groups is 2. The Morgan fingerprint density at radius 2 is 2.05 bits per heavy atom. The van der Waals surface area contributed by atoms with Crippen molar-refractivity contribution in [2.45, 2.75) is 70.7 Å². The van der Waals surface area contributed by atoms with Crippen molar-refractivity contribution in [2.75, 3.05) is 24.4 Å². The number of benzene rings is 1. The molecule has 198 valence electrons. The molecule has 9 nitrogen and oxygen atoms in total. The van der Waals surface area contributed by atoms with E-state index in [2.05, 4.69) is 27.8 Å². The first-order valence-electron chi connectivity index (χ1n) is 12.7. The molecule has 3 N–H and O–H groups in total. The molecular weight excluding hydrogens is 472 g/mol. The number of pyridine rings is 1. The molecule has 3 heterocycles. The maximum atomic E-state index is 13.1. The SMILES string of the molecule is COC(=O)c1c(NC(=O)[C@H]2CCCO2)c2cc(N[C@H](C)C(C)(C)O)cnc2n1CCCc1ccccc1. The smallest absolute Gasteiger partial charge is 0.356 e. The first-order valence-corrected chi connectivity index (χ1v) is 12.7. The summed E-state index contributed by atoms with van der Waals surface area (Å²) in [5, 5.41) is 17.2. The number of rotatable bonds is 10. The average Bonchev–Trinajstić information content (AvgIpc) is 3.51. The lowest BCUT2D eigenvalue weighted by molar-refractivity contribution is -0.124. The molecule has 1 aliphatic heterocycles. The molecule has 1 aromatic carbocycles. The number of amides is 1. The van der Waals surface area contributed by atoms with Gasteiger partial charge in [-0.2, -0.15) is 0 Å². The van der Waals surface area contributed by atoms with Gasteiger partial charge in [-0.1, -0.05) is 30.3 Å². The molecule has 0 unspecified atom stereocenters. The molecule has 0 radical (unpaired) electrons. The molecule has 0 aliphatic carbocycles. The van der Waals surface area contributed by atoms with E-state index in [1.807, 2.05) is 35.8 Å². The van der Waals surface area contributed by atoms with Crippen LogP contribution in [0, 0.1) is 0 Å². The zero-order valence-electron chi connectivity index (χ0n) is 21.9. The zero-order valence-corrected chi connectivity index (χ0v) is 21.9. The van der Waals surface area contributed by atoms with Gasteiger partial charge in [-0.05, 0) is 58.1 Å². The summed E-state index contributed by atoms with van der Waals surface area (Å²) in [5.41, 5.74) is 2.06. The highest BCUT2D eigenvalue weighted by atomic mass is 16.5. The Kier molecular flexibility index (Phi) is 8.14. The molecule has 0 bridgehead atoms. The lowest BCUT2D eigenvalue weighted by Gasteiger charge is -2.27. The summed E-state index contributed by atoms with van der Waals surface area (Å²) >= 11 is 0. The van der Waals surface area contributed by atoms with Crippen molar-refractivity contribution >= 4 is 34.3 Å². The van der Waals surface area contributed by atoms with Gasteiger partial charge in [0.2, 0.25) is 0 Å². The van der Waals surface area contributed by atoms with Crippen LogP contribution in [0.5, 0.6) is 0 Å². The standard InChI is InChI=1S/C28H36N4O5/c1-18(28(2,3)35)30-20-16-21-23(31-26(33)22-13-9-15-37-22)24(27(34)36-4)32(25(21)29-17-20)14-8-12-19-10-6-5-7-11-19/h5-7,10-11,16-18,22,30,35H,8-9,12-15H2,1-4H3,(H,31,33)/t18-,22-/m1/s1. The summed E-state index contributed by atoms with van der Waals surface area (Å²) in [6.45, 7) is 6.36. The Morgan fingerprint density at radius 3 is 2.70 bits per heavy atom. The molecule has 0 spiro atoms. The van der Waals surface area contributed by atoms with Crippen LogP contribution in [0.25, 0.3) is 11.0 Å². The highest BCUT2D eigenvalue weighted by Crippen LogP contribution is 2.34. The normalized spacial score (nSPS) is 16.5. The molecule has 37 heavy (non-hydrogen) atoms. The van der Waals surface area contributed by atoms with E-state index < -0.39 is 17.7 Å². The molecule has 2 aromatic heterocycles. The number of nitrogens with one attached hydrogen (secondary N) is 2. The molecular formula is C28H36N4O5. The van der Waals surface area contributed by atoms with Gasteiger partial charge in [-0.15, -0.1) is 0 Å². The first kappa shape index (κ1) is 26.6. The fraction of sp³-hybridized carbons (Fsp3) is 0.464. The minimum Gasteiger partial charge on any atom is -0.464 e. The molecule has 1 saturated heterocycles. The van der Waals surface area contributed by atoms with Gasteiger partial charge in [0, 0.05) is 18.5 Å². The average molecular weight is 509 g/mol. The first-order chi connectivity index (χ1) is 17.7. The zero-order chi connectivity index (χ0) is 26.6. The van der Waals surface area contributed by atoms with Crippen molar-refractivity contribution in [3.05, 3.63) is 53.9 Å². The van der Waals surface area contributed by atoms with Crippen LogP contribution in [0.2, 0.25) is 0 Å². The molecule has 3 aromatic rings. The van der Waals surface area contributed by atoms with Gasteiger partial charge >= 0.3 is 5.97 Å². The van der Waals surface area contributed by atoms with E-state index in [1.54, 1.807) is 20.0 Å². The number of ether oxygens (including phenoxy) is 2. The lowest BCUT2D eigenvalue weighted by Crippen LogP contribution is -2.39. The number of nitrogens with zero attached hydrogens (tertiary/aromatic N) is 2. The van der Waals surface area contributed by atoms with Gasteiger partial charge < -0.3 is 29.8 Å². The summed E-state index contributed by atoms with van der Waals surface area (Å²) in [7, 11) is 1.32. The molecule has 0 saturated carbocycles. The number of aromatic nitrogens is 2. The Morgan fingerprint density at radius 1 is 1.30 bits per heavy atom. The monoisotopic (exact) mass is 508 g/mol. The van der Waals surface area contributed by atoms with E-state index in [9.17, 15) is 14.7 Å². The molecule has 9 heteroatoms. The number of aryl methyl sites for hydroxylation is 2. The molecule has 1 amide bonds. The van der Waals surface area contributed by atoms with Gasteiger partial charge in [-0.25, -0.2) is 9.78 Å². The van der Waals surface area contributed by atoms with Crippen LogP contribution in [0.1, 0.15) is 56.1 Å². The summed E-state index contributed by atoms with van der Waals surface area (Å²) in [4.78, 5) is 30.8. The van der Waals surface area contributed by atoms with Crippen LogP contribution < -0.4 is 10.6 Å². The number of aliphatic hydroxyl groups is 1. The van der Waals surface area contributed by atoms with E-state index in [0.717, 1.165) is 19.3 Å². The van der Waals surface area contributed by atoms with Crippen molar-refractivity contribution in [3.8, 4) is 0 Å². The highest BCUT2D eigenvalue weighted by molar-refractivity contribution is 6.12. The highest BCUT2D eigenvalue weighted by Gasteiger charge is 2.30. The summed E-state index contributed by atoms with van der Waals surface area (Å²) in [5.74, 6) is -0.853. The number of hydrogen-bond donors (Lipinski definition) is 3. The van der Waals surface area contributed by atoms with Gasteiger partial charge in [0.1, 0.15) is 11.8 Å². The number of hydrogen-bond acceptors (Lipinski definition) is 7. The summed E-state index contributed by atoms with van der Waals surface area (Å²) in [6, 6.07) is 11.7. The van der Waals surface area contributed by atoms with Crippen LogP contribution in [0.4, 0.5) is 11.4 Å². The Balaban J connectivity index is 1.75. The van der Waals surface area contributed by atoms with Crippen LogP contribution in [0.15, 0.2) is 42.6 Å². The van der Waals surface area contributed by atoms with Crippen molar-refractivity contribution in [3.63, 3.8) is 0 Å². The van der Waals surface area contributed by atoms with E-state index in [4.69, 9.17) is 9.47 Å². The lowest BCUT2D eigenvalue weighted by atomic mass is 10.0. The third-order valence-corrected chi connectivity index (χ3v) is 6.88. The van der Waals surface area contributed by atoms with Gasteiger partial charge in [-0.3, -0.25) is 4.79 Å². The minimum atomic E-state index is -0.966. The summed E-state index contributed by atoms with van der Waals surface area (Å²) in [6.07, 6.45) is 4.13. The fourth-order valence-corrected chi connectivity index (χ4v) is 4.46. The number of anilines is 2. The van der Waals surface area contributed by atoms with Gasteiger partial charge in [0.25, 0.3) is 5.91 Å². The van der Waals surface area contributed by atoms with Gasteiger partial charge in [0.05, 0.1) is 36.3 Å². The third kappa shape index (κ3) is 6.11. The summed E-state index contributed by atoms with van der Waals surface area (Å²) < 4.78 is 12.5.